The van der Waals surface area contributed by atoms with Gasteiger partial charge in [-0.15, -0.1) is 0 Å². The molecule has 4 heteroatoms. The van der Waals surface area contributed by atoms with Crippen molar-refractivity contribution < 1.29 is 9.59 Å². The van der Waals surface area contributed by atoms with Gasteiger partial charge in [0.05, 0.1) is 5.69 Å². The zero-order valence-electron chi connectivity index (χ0n) is 19.3. The second-order valence-electron chi connectivity index (χ2n) is 8.25. The van der Waals surface area contributed by atoms with E-state index in [0.29, 0.717) is 5.92 Å². The molecular weight excluding hydrogens is 378 g/mol. The molecule has 0 aromatic heterocycles. The molecule has 0 radical (unpaired) electrons. The van der Waals surface area contributed by atoms with Crippen LogP contribution in [0.2, 0.25) is 0 Å². The van der Waals surface area contributed by atoms with Crippen LogP contribution in [0.4, 0.5) is 5.69 Å². The highest BCUT2D eigenvalue weighted by atomic mass is 32.2. The quantitative estimate of drug-likeness (QED) is 0.439. The van der Waals surface area contributed by atoms with Crippen LogP contribution in [0.15, 0.2) is 29.2 Å². The summed E-state index contributed by atoms with van der Waals surface area (Å²) in [6.07, 6.45) is 8.69. The van der Waals surface area contributed by atoms with Crippen molar-refractivity contribution in [2.45, 2.75) is 97.8 Å². The number of benzene rings is 1. The van der Waals surface area contributed by atoms with E-state index in [1.165, 1.54) is 18.2 Å². The molecule has 0 saturated heterocycles. The number of nitrogens with one attached hydrogen (secondary N) is 1. The molecule has 1 N–H and O–H groups in total. The predicted molar refractivity (Wildman–Crippen MR) is 126 cm³/mol. The number of carbonyl (C=O) groups excluding carboxylic acids is 2. The summed E-state index contributed by atoms with van der Waals surface area (Å²) in [5.41, 5.74) is 0.519. The molecule has 29 heavy (non-hydrogen) atoms. The van der Waals surface area contributed by atoms with E-state index in [1.54, 1.807) is 0 Å². The van der Waals surface area contributed by atoms with Crippen LogP contribution in [-0.2, 0) is 9.59 Å². The van der Waals surface area contributed by atoms with E-state index < -0.39 is 0 Å². The molecule has 0 unspecified atom stereocenters. The molecule has 1 fully saturated rings. The Kier molecular flexibility index (Phi) is 11.6. The van der Waals surface area contributed by atoms with Gasteiger partial charge in [-0.25, -0.2) is 0 Å². The van der Waals surface area contributed by atoms with Crippen LogP contribution in [0.1, 0.15) is 92.9 Å². The van der Waals surface area contributed by atoms with Crippen LogP contribution in [0, 0.1) is 17.3 Å². The third-order valence-electron chi connectivity index (χ3n) is 5.94. The first-order chi connectivity index (χ1) is 13.9. The molecule has 1 aliphatic rings. The normalized spacial score (nSPS) is 15.6. The Balaban J connectivity index is 0.00000204. The molecule has 164 valence electrons. The third kappa shape index (κ3) is 7.47. The Hall–Kier alpha value is -1.29. The lowest BCUT2D eigenvalue weighted by molar-refractivity contribution is -0.128. The van der Waals surface area contributed by atoms with Gasteiger partial charge in [-0.1, -0.05) is 85.8 Å². The topological polar surface area (TPSA) is 46.2 Å². The number of anilines is 1. The maximum Gasteiger partial charge on any atom is 0.230 e. The van der Waals surface area contributed by atoms with Crippen LogP contribution in [0.3, 0.4) is 0 Å². The molecule has 0 atom stereocenters. The van der Waals surface area contributed by atoms with Gasteiger partial charge in [0.2, 0.25) is 5.91 Å². The van der Waals surface area contributed by atoms with Gasteiger partial charge < -0.3 is 5.32 Å². The third-order valence-corrected chi connectivity index (χ3v) is 7.19. The van der Waals surface area contributed by atoms with Crippen molar-refractivity contribution >= 4 is 28.5 Å². The summed E-state index contributed by atoms with van der Waals surface area (Å²) in [7, 11) is 0. The highest BCUT2D eigenvalue weighted by Crippen LogP contribution is 2.44. The fourth-order valence-electron chi connectivity index (χ4n) is 4.02. The lowest BCUT2D eigenvalue weighted by Crippen LogP contribution is -2.39. The van der Waals surface area contributed by atoms with Crippen LogP contribution >= 0.6 is 11.8 Å². The van der Waals surface area contributed by atoms with Crippen molar-refractivity contribution in [3.63, 3.8) is 0 Å². The van der Waals surface area contributed by atoms with E-state index in [2.05, 4.69) is 19.2 Å². The number of thioether (sulfide) groups is 1. The summed E-state index contributed by atoms with van der Waals surface area (Å²) in [5.74, 6) is 0.721. The van der Waals surface area contributed by atoms with Crippen LogP contribution in [0.25, 0.3) is 0 Å². The molecule has 1 saturated carbocycles. The van der Waals surface area contributed by atoms with Gasteiger partial charge in [-0.05, 0) is 49.1 Å². The van der Waals surface area contributed by atoms with Crippen molar-refractivity contribution in [2.24, 2.45) is 17.3 Å². The lowest BCUT2D eigenvalue weighted by atomic mass is 9.67. The van der Waals surface area contributed by atoms with Gasteiger partial charge in [-0.2, -0.15) is 0 Å². The van der Waals surface area contributed by atoms with Gasteiger partial charge in [0.1, 0.15) is 0 Å². The molecule has 1 aromatic carbocycles. The van der Waals surface area contributed by atoms with Gasteiger partial charge >= 0.3 is 0 Å². The summed E-state index contributed by atoms with van der Waals surface area (Å²) in [4.78, 5) is 26.5. The summed E-state index contributed by atoms with van der Waals surface area (Å²) in [6.45, 7) is 12.3. The van der Waals surface area contributed by atoms with Gasteiger partial charge in [-0.3, -0.25) is 9.59 Å². The van der Waals surface area contributed by atoms with E-state index in [0.717, 1.165) is 55.5 Å². The first kappa shape index (κ1) is 25.7. The highest BCUT2D eigenvalue weighted by molar-refractivity contribution is 8.13. The number of para-hydroxylation sites is 1. The number of rotatable bonds is 8. The zero-order valence-corrected chi connectivity index (χ0v) is 20.2. The molecule has 1 amide bonds. The molecule has 2 rings (SSSR count). The van der Waals surface area contributed by atoms with E-state index >= 15 is 0 Å². The van der Waals surface area contributed by atoms with Crippen molar-refractivity contribution in [1.29, 1.82) is 0 Å². The first-order valence-corrected chi connectivity index (χ1v) is 12.4. The minimum atomic E-state index is -0.255. The average molecular weight is 420 g/mol. The van der Waals surface area contributed by atoms with Gasteiger partial charge in [0.15, 0.2) is 5.12 Å². The molecule has 1 aliphatic carbocycles. The summed E-state index contributed by atoms with van der Waals surface area (Å²) < 4.78 is 0. The van der Waals surface area contributed by atoms with Crippen LogP contribution in [-0.4, -0.2) is 11.0 Å². The smallest absolute Gasteiger partial charge is 0.230 e. The molecule has 0 spiro atoms. The van der Waals surface area contributed by atoms with Gasteiger partial charge in [0, 0.05) is 16.2 Å². The zero-order chi connectivity index (χ0) is 21.9. The van der Waals surface area contributed by atoms with Crippen molar-refractivity contribution in [1.82, 2.24) is 0 Å². The molecule has 1 aromatic rings. The fourth-order valence-corrected chi connectivity index (χ4v) is 4.85. The molecule has 0 heterocycles. The average Bonchev–Trinajstić information content (AvgIpc) is 2.75. The second kappa shape index (κ2) is 13.1. The van der Waals surface area contributed by atoms with E-state index in [-0.39, 0.29) is 22.4 Å². The van der Waals surface area contributed by atoms with Crippen LogP contribution < -0.4 is 5.32 Å². The van der Waals surface area contributed by atoms with E-state index in [4.69, 9.17) is 0 Å². The maximum absolute atomic E-state index is 13.4. The Morgan fingerprint density at radius 1 is 1.03 bits per heavy atom. The first-order valence-electron chi connectivity index (χ1n) is 11.5. The second-order valence-corrected chi connectivity index (χ2v) is 9.30. The Morgan fingerprint density at radius 3 is 2.17 bits per heavy atom. The van der Waals surface area contributed by atoms with E-state index in [1.807, 2.05) is 52.0 Å². The predicted octanol–water partition coefficient (Wildman–Crippen LogP) is 7.70. The standard InChI is InChI=1S/C23H35NO2S.C2H6/c1-5-18(6-2)16-23(14-10-7-11-15-23)22(26)24-19-12-8-9-13-20(19)27-21(25)17(3)4;1-2/h8-9,12-13,17-18H,5-7,10-11,14-16H2,1-4H3,(H,24,26);1-2H3. The minimum Gasteiger partial charge on any atom is -0.325 e. The molecule has 0 bridgehead atoms. The highest BCUT2D eigenvalue weighted by Gasteiger charge is 2.40. The lowest BCUT2D eigenvalue weighted by Gasteiger charge is -2.38. The Bertz CT molecular complexity index is 631. The van der Waals surface area contributed by atoms with Crippen molar-refractivity contribution in [3.05, 3.63) is 24.3 Å². The Morgan fingerprint density at radius 2 is 1.62 bits per heavy atom. The number of carbonyl (C=O) groups is 2. The number of hydrogen-bond acceptors (Lipinski definition) is 3. The van der Waals surface area contributed by atoms with E-state index in [9.17, 15) is 9.59 Å². The van der Waals surface area contributed by atoms with Crippen LogP contribution in [0.5, 0.6) is 0 Å². The van der Waals surface area contributed by atoms with Gasteiger partial charge in [0.25, 0.3) is 0 Å². The largest absolute Gasteiger partial charge is 0.325 e. The Labute approximate surface area is 182 Å². The SMILES string of the molecule is CC.CCC(CC)CC1(C(=O)Nc2ccccc2SC(=O)C(C)C)CCCCC1. The van der Waals surface area contributed by atoms with Crippen molar-refractivity contribution in [3.8, 4) is 0 Å². The minimum absolute atomic E-state index is 0.0293. The molecule has 3 nitrogen and oxygen atoms in total. The van der Waals surface area contributed by atoms with Crippen molar-refractivity contribution in [2.75, 3.05) is 5.32 Å². The molecule has 0 aliphatic heterocycles. The summed E-state index contributed by atoms with van der Waals surface area (Å²) >= 11 is 1.24. The summed E-state index contributed by atoms with van der Waals surface area (Å²) in [5, 5.41) is 3.33. The fraction of sp³-hybridized carbons (Fsp3) is 0.680. The number of hydrogen-bond donors (Lipinski definition) is 1. The monoisotopic (exact) mass is 419 g/mol. The maximum atomic E-state index is 13.4. The summed E-state index contributed by atoms with van der Waals surface area (Å²) in [6, 6.07) is 7.69. The number of amides is 1. The molecular formula is C25H41NO2S.